The molecule has 2 bridgehead atoms. The lowest BCUT2D eigenvalue weighted by Gasteiger charge is -2.38. The number of carbonyl (C=O) groups excluding carboxylic acids is 2. The maximum Gasteiger partial charge on any atom is 0.242 e. The highest BCUT2D eigenvalue weighted by atomic mass is 35.5. The smallest absolute Gasteiger partial charge is 0.242 e. The highest BCUT2D eigenvalue weighted by Crippen LogP contribution is 2.48. The van der Waals surface area contributed by atoms with E-state index in [1.165, 1.54) is 12.1 Å². The molecular weight excluding hydrogens is 357 g/mol. The molecule has 2 amide bonds. The van der Waals surface area contributed by atoms with Crippen molar-refractivity contribution >= 4 is 24.2 Å². The molecule has 7 heteroatoms. The zero-order chi connectivity index (χ0) is 17.6. The Balaban J connectivity index is 0.00000196. The van der Waals surface area contributed by atoms with Gasteiger partial charge in [0.15, 0.2) is 0 Å². The molecule has 2 saturated carbocycles. The Bertz CT molecular complexity index is 699. The van der Waals surface area contributed by atoms with E-state index in [-0.39, 0.29) is 48.5 Å². The van der Waals surface area contributed by atoms with E-state index in [2.05, 4.69) is 0 Å². The maximum absolute atomic E-state index is 13.3. The lowest BCUT2D eigenvalue weighted by molar-refractivity contribution is -0.149. The van der Waals surface area contributed by atoms with Gasteiger partial charge in [-0.25, -0.2) is 4.39 Å². The quantitative estimate of drug-likeness (QED) is 0.868. The summed E-state index contributed by atoms with van der Waals surface area (Å²) in [4.78, 5) is 28.7. The Hall–Kier alpha value is -1.66. The molecule has 0 aromatic heterocycles. The van der Waals surface area contributed by atoms with Crippen LogP contribution in [0, 0.1) is 23.6 Å². The molecule has 1 aromatic carbocycles. The van der Waals surface area contributed by atoms with Gasteiger partial charge >= 0.3 is 0 Å². The van der Waals surface area contributed by atoms with Gasteiger partial charge in [-0.05, 0) is 48.8 Å². The van der Waals surface area contributed by atoms with E-state index in [0.29, 0.717) is 31.5 Å². The normalized spacial score (nSPS) is 30.5. The average molecular weight is 382 g/mol. The highest BCUT2D eigenvalue weighted by molar-refractivity contribution is 5.88. The Labute approximate surface area is 159 Å². The molecule has 1 aromatic rings. The molecule has 2 N–H and O–H groups in total. The summed E-state index contributed by atoms with van der Waals surface area (Å²) < 4.78 is 13.3. The van der Waals surface area contributed by atoms with Gasteiger partial charge in [0.1, 0.15) is 5.82 Å². The minimum absolute atomic E-state index is 0. The summed E-state index contributed by atoms with van der Waals surface area (Å²) in [5, 5.41) is 0. The molecule has 4 rings (SSSR count). The first kappa shape index (κ1) is 19.1. The summed E-state index contributed by atoms with van der Waals surface area (Å²) in [6.07, 6.45) is 3.28. The molecule has 1 heterocycles. The van der Waals surface area contributed by atoms with Crippen LogP contribution in [0.1, 0.15) is 24.8 Å². The predicted octanol–water partition coefficient (Wildman–Crippen LogP) is 1.79. The average Bonchev–Trinajstić information content (AvgIpc) is 3.17. The lowest BCUT2D eigenvalue weighted by atomic mass is 9.84. The van der Waals surface area contributed by atoms with Crippen LogP contribution in [0.5, 0.6) is 0 Å². The van der Waals surface area contributed by atoms with Gasteiger partial charge in [-0.3, -0.25) is 9.59 Å². The van der Waals surface area contributed by atoms with Crippen molar-refractivity contribution in [3.63, 3.8) is 0 Å². The van der Waals surface area contributed by atoms with Gasteiger partial charge in [0.25, 0.3) is 0 Å². The first-order valence-electron chi connectivity index (χ1n) is 9.09. The molecule has 4 atom stereocenters. The molecule has 0 spiro atoms. The monoisotopic (exact) mass is 381 g/mol. The molecule has 0 radical (unpaired) electrons. The van der Waals surface area contributed by atoms with E-state index >= 15 is 0 Å². The third-order valence-electron chi connectivity index (χ3n) is 6.16. The number of hydrogen-bond acceptors (Lipinski definition) is 3. The van der Waals surface area contributed by atoms with Crippen LogP contribution in [0.2, 0.25) is 0 Å². The number of halogens is 2. The fourth-order valence-corrected chi connectivity index (χ4v) is 4.83. The Morgan fingerprint density at radius 1 is 1.23 bits per heavy atom. The molecule has 1 aliphatic heterocycles. The van der Waals surface area contributed by atoms with Gasteiger partial charge in [-0.15, -0.1) is 12.4 Å². The molecule has 5 nitrogen and oxygen atoms in total. The van der Waals surface area contributed by atoms with E-state index in [1.807, 2.05) is 6.07 Å². The van der Waals surface area contributed by atoms with Crippen LogP contribution in [0.3, 0.4) is 0 Å². The number of fused-ring (bicyclic) bond motifs is 2. The summed E-state index contributed by atoms with van der Waals surface area (Å²) in [6, 6.07) is 6.24. The van der Waals surface area contributed by atoms with Crippen molar-refractivity contribution in [1.29, 1.82) is 0 Å². The number of carbonyl (C=O) groups is 2. The van der Waals surface area contributed by atoms with Crippen LogP contribution >= 0.6 is 12.4 Å². The van der Waals surface area contributed by atoms with Gasteiger partial charge in [0.2, 0.25) is 11.8 Å². The molecule has 2 aliphatic carbocycles. The molecule has 142 valence electrons. The molecule has 26 heavy (non-hydrogen) atoms. The lowest BCUT2D eigenvalue weighted by Crippen LogP contribution is -2.55. The van der Waals surface area contributed by atoms with Gasteiger partial charge < -0.3 is 15.5 Å². The highest BCUT2D eigenvalue weighted by Gasteiger charge is 2.50. The standard InChI is InChI=1S/C19H24FN3O2.ClH/c20-15-3-1-2-12(8-15)10-22-6-7-23(11-16(22)24)19(25)17-13-4-5-14(9-13)18(17)21;/h1-3,8,13-14,17-18H,4-7,9-11,21H2;1H. The van der Waals surface area contributed by atoms with E-state index < -0.39 is 0 Å². The summed E-state index contributed by atoms with van der Waals surface area (Å²) in [6.45, 7) is 1.50. The number of nitrogens with zero attached hydrogens (tertiary/aromatic N) is 2. The van der Waals surface area contributed by atoms with E-state index in [0.717, 1.165) is 24.8 Å². The van der Waals surface area contributed by atoms with Crippen molar-refractivity contribution in [2.75, 3.05) is 19.6 Å². The van der Waals surface area contributed by atoms with Crippen molar-refractivity contribution < 1.29 is 14.0 Å². The van der Waals surface area contributed by atoms with Crippen LogP contribution in [0.15, 0.2) is 24.3 Å². The topological polar surface area (TPSA) is 66.6 Å². The van der Waals surface area contributed by atoms with Gasteiger partial charge in [0.05, 0.1) is 12.5 Å². The van der Waals surface area contributed by atoms with Crippen molar-refractivity contribution in [1.82, 2.24) is 9.80 Å². The van der Waals surface area contributed by atoms with E-state index in [9.17, 15) is 14.0 Å². The van der Waals surface area contributed by atoms with Crippen molar-refractivity contribution in [3.8, 4) is 0 Å². The fraction of sp³-hybridized carbons (Fsp3) is 0.579. The van der Waals surface area contributed by atoms with Gasteiger partial charge in [-0.1, -0.05) is 12.1 Å². The first-order valence-corrected chi connectivity index (χ1v) is 9.09. The molecular formula is C19H25ClFN3O2. The number of piperazine rings is 1. The molecule has 3 fully saturated rings. The maximum atomic E-state index is 13.3. The SMILES string of the molecule is Cl.NC1C2CCC(C2)C1C(=O)N1CCN(Cc2cccc(F)c2)C(=O)C1. The van der Waals surface area contributed by atoms with Crippen molar-refractivity contribution in [2.45, 2.75) is 31.8 Å². The van der Waals surface area contributed by atoms with Crippen LogP contribution in [0.25, 0.3) is 0 Å². The number of amides is 2. The fourth-order valence-electron chi connectivity index (χ4n) is 4.83. The number of benzene rings is 1. The third-order valence-corrected chi connectivity index (χ3v) is 6.16. The van der Waals surface area contributed by atoms with Crippen molar-refractivity contribution in [2.24, 2.45) is 23.5 Å². The minimum Gasteiger partial charge on any atom is -0.335 e. The zero-order valence-electron chi connectivity index (χ0n) is 14.6. The second-order valence-corrected chi connectivity index (χ2v) is 7.64. The number of nitrogens with two attached hydrogens (primary N) is 1. The molecule has 1 saturated heterocycles. The zero-order valence-corrected chi connectivity index (χ0v) is 15.5. The predicted molar refractivity (Wildman–Crippen MR) is 97.9 cm³/mol. The van der Waals surface area contributed by atoms with Crippen LogP contribution in [-0.4, -0.2) is 47.3 Å². The Morgan fingerprint density at radius 3 is 2.65 bits per heavy atom. The summed E-state index contributed by atoms with van der Waals surface area (Å²) in [7, 11) is 0. The minimum atomic E-state index is -0.302. The van der Waals surface area contributed by atoms with Gasteiger partial charge in [0, 0.05) is 25.7 Å². The van der Waals surface area contributed by atoms with Crippen molar-refractivity contribution in [3.05, 3.63) is 35.6 Å². The largest absolute Gasteiger partial charge is 0.335 e. The van der Waals surface area contributed by atoms with Crippen LogP contribution in [-0.2, 0) is 16.1 Å². The van der Waals surface area contributed by atoms with Crippen LogP contribution < -0.4 is 5.73 Å². The van der Waals surface area contributed by atoms with E-state index in [1.54, 1.807) is 15.9 Å². The number of rotatable bonds is 3. The number of hydrogen-bond donors (Lipinski definition) is 1. The van der Waals surface area contributed by atoms with Crippen LogP contribution in [0.4, 0.5) is 4.39 Å². The third kappa shape index (κ3) is 3.45. The van der Waals surface area contributed by atoms with E-state index in [4.69, 9.17) is 5.73 Å². The van der Waals surface area contributed by atoms with Gasteiger partial charge in [-0.2, -0.15) is 0 Å². The first-order chi connectivity index (χ1) is 12.0. The summed E-state index contributed by atoms with van der Waals surface area (Å²) >= 11 is 0. The summed E-state index contributed by atoms with van der Waals surface area (Å²) in [5.41, 5.74) is 7.04. The second kappa shape index (κ2) is 7.53. The molecule has 4 unspecified atom stereocenters. The molecule has 3 aliphatic rings. The summed E-state index contributed by atoms with van der Waals surface area (Å²) in [5.74, 6) is 0.432. The Kier molecular flexibility index (Phi) is 5.53. The Morgan fingerprint density at radius 2 is 2.00 bits per heavy atom. The second-order valence-electron chi connectivity index (χ2n) is 7.64.